The summed E-state index contributed by atoms with van der Waals surface area (Å²) in [6.45, 7) is 6.41. The number of carbonyl (C=O) groups excluding carboxylic acids is 2. The molecule has 22 heavy (non-hydrogen) atoms. The highest BCUT2D eigenvalue weighted by Crippen LogP contribution is 2.12. The van der Waals surface area contributed by atoms with Crippen molar-refractivity contribution < 1.29 is 9.59 Å². The molecular formula is C16H24N4O2. The summed E-state index contributed by atoms with van der Waals surface area (Å²) in [5.74, 6) is -0.0142. The van der Waals surface area contributed by atoms with Gasteiger partial charge < -0.3 is 4.57 Å². The summed E-state index contributed by atoms with van der Waals surface area (Å²) in [4.78, 5) is 29.4. The van der Waals surface area contributed by atoms with Crippen LogP contribution in [-0.4, -0.2) is 70.3 Å². The second-order valence-electron chi connectivity index (χ2n) is 6.17. The van der Waals surface area contributed by atoms with Gasteiger partial charge in [0, 0.05) is 77.6 Å². The number of aromatic nitrogens is 1. The van der Waals surface area contributed by atoms with E-state index in [-0.39, 0.29) is 11.8 Å². The van der Waals surface area contributed by atoms with Crippen molar-refractivity contribution in [3.05, 3.63) is 24.0 Å². The molecule has 0 radical (unpaired) electrons. The van der Waals surface area contributed by atoms with Gasteiger partial charge in [0.2, 0.25) is 11.8 Å². The second kappa shape index (κ2) is 6.62. The normalized spacial score (nSPS) is 21.0. The molecule has 120 valence electrons. The number of piperazine rings is 1. The van der Waals surface area contributed by atoms with Crippen LogP contribution in [0.25, 0.3) is 0 Å². The lowest BCUT2D eigenvalue weighted by atomic mass is 10.3. The van der Waals surface area contributed by atoms with Crippen LogP contribution in [0.3, 0.4) is 0 Å². The lowest BCUT2D eigenvalue weighted by Crippen LogP contribution is -2.48. The summed E-state index contributed by atoms with van der Waals surface area (Å²) in [5.41, 5.74) is 1.33. The van der Waals surface area contributed by atoms with Gasteiger partial charge in [-0.1, -0.05) is 0 Å². The molecule has 2 saturated heterocycles. The molecule has 1 aromatic heterocycles. The summed E-state index contributed by atoms with van der Waals surface area (Å²) in [7, 11) is 2.08. The van der Waals surface area contributed by atoms with Crippen LogP contribution >= 0.6 is 0 Å². The highest BCUT2D eigenvalue weighted by molar-refractivity contribution is 6.01. The SMILES string of the molecule is Cn1cccc1CN1CCN(CCN2C(=O)CCC2=O)CC1. The van der Waals surface area contributed by atoms with E-state index in [9.17, 15) is 9.59 Å². The molecule has 0 saturated carbocycles. The minimum atomic E-state index is -0.00709. The summed E-state index contributed by atoms with van der Waals surface area (Å²) in [5, 5.41) is 0. The minimum Gasteiger partial charge on any atom is -0.353 e. The van der Waals surface area contributed by atoms with Gasteiger partial charge in [-0.2, -0.15) is 0 Å². The largest absolute Gasteiger partial charge is 0.353 e. The van der Waals surface area contributed by atoms with E-state index in [4.69, 9.17) is 0 Å². The van der Waals surface area contributed by atoms with Crippen molar-refractivity contribution in [3.63, 3.8) is 0 Å². The quantitative estimate of drug-likeness (QED) is 0.734. The van der Waals surface area contributed by atoms with Gasteiger partial charge in [0.1, 0.15) is 0 Å². The Bertz CT molecular complexity index is 530. The summed E-state index contributed by atoms with van der Waals surface area (Å²) >= 11 is 0. The first-order valence-corrected chi connectivity index (χ1v) is 8.01. The van der Waals surface area contributed by atoms with E-state index in [1.165, 1.54) is 10.6 Å². The molecule has 3 heterocycles. The number of rotatable bonds is 5. The van der Waals surface area contributed by atoms with Gasteiger partial charge >= 0.3 is 0 Å². The Morgan fingerprint density at radius 3 is 2.18 bits per heavy atom. The topological polar surface area (TPSA) is 48.8 Å². The molecule has 2 aliphatic rings. The summed E-state index contributed by atoms with van der Waals surface area (Å²) < 4.78 is 2.16. The molecule has 0 aromatic carbocycles. The van der Waals surface area contributed by atoms with Crippen LogP contribution in [-0.2, 0) is 23.2 Å². The average Bonchev–Trinajstić information content (AvgIpc) is 3.05. The molecule has 0 unspecified atom stereocenters. The van der Waals surface area contributed by atoms with Crippen molar-refractivity contribution in [2.24, 2.45) is 7.05 Å². The molecule has 2 aliphatic heterocycles. The molecule has 0 spiro atoms. The fourth-order valence-electron chi connectivity index (χ4n) is 3.17. The highest BCUT2D eigenvalue weighted by Gasteiger charge is 2.29. The third kappa shape index (κ3) is 3.39. The van der Waals surface area contributed by atoms with Crippen LogP contribution in [0.2, 0.25) is 0 Å². The molecule has 0 aliphatic carbocycles. The number of aryl methyl sites for hydroxylation is 1. The minimum absolute atomic E-state index is 0.00709. The zero-order valence-corrected chi connectivity index (χ0v) is 13.2. The van der Waals surface area contributed by atoms with Crippen LogP contribution in [0.4, 0.5) is 0 Å². The van der Waals surface area contributed by atoms with Crippen LogP contribution in [0, 0.1) is 0 Å². The third-order valence-corrected chi connectivity index (χ3v) is 4.70. The van der Waals surface area contributed by atoms with E-state index in [1.807, 2.05) is 0 Å². The van der Waals surface area contributed by atoms with Crippen LogP contribution in [0.5, 0.6) is 0 Å². The molecule has 3 rings (SSSR count). The van der Waals surface area contributed by atoms with Gasteiger partial charge in [0.15, 0.2) is 0 Å². The molecule has 6 heteroatoms. The Hall–Kier alpha value is -1.66. The van der Waals surface area contributed by atoms with Crippen molar-refractivity contribution in [3.8, 4) is 0 Å². The van der Waals surface area contributed by atoms with Gasteiger partial charge in [-0.05, 0) is 12.1 Å². The number of amides is 2. The van der Waals surface area contributed by atoms with Crippen molar-refractivity contribution >= 4 is 11.8 Å². The van der Waals surface area contributed by atoms with E-state index in [0.717, 1.165) is 39.3 Å². The molecule has 0 N–H and O–H groups in total. The number of nitrogens with zero attached hydrogens (tertiary/aromatic N) is 4. The van der Waals surface area contributed by atoms with E-state index >= 15 is 0 Å². The fourth-order valence-corrected chi connectivity index (χ4v) is 3.17. The lowest BCUT2D eigenvalue weighted by molar-refractivity contribution is -0.138. The van der Waals surface area contributed by atoms with Crippen LogP contribution in [0.15, 0.2) is 18.3 Å². The van der Waals surface area contributed by atoms with Gasteiger partial charge in [0.05, 0.1) is 0 Å². The monoisotopic (exact) mass is 304 g/mol. The Balaban J connectivity index is 1.41. The smallest absolute Gasteiger partial charge is 0.229 e. The lowest BCUT2D eigenvalue weighted by Gasteiger charge is -2.35. The third-order valence-electron chi connectivity index (χ3n) is 4.70. The Kier molecular flexibility index (Phi) is 4.59. The zero-order chi connectivity index (χ0) is 15.5. The van der Waals surface area contributed by atoms with Crippen LogP contribution < -0.4 is 0 Å². The van der Waals surface area contributed by atoms with Gasteiger partial charge in [-0.25, -0.2) is 0 Å². The van der Waals surface area contributed by atoms with E-state index in [0.29, 0.717) is 19.4 Å². The maximum absolute atomic E-state index is 11.6. The number of hydrogen-bond acceptors (Lipinski definition) is 4. The van der Waals surface area contributed by atoms with E-state index < -0.39 is 0 Å². The molecule has 0 atom stereocenters. The Labute approximate surface area is 131 Å². The maximum atomic E-state index is 11.6. The highest BCUT2D eigenvalue weighted by atomic mass is 16.2. The first-order chi connectivity index (χ1) is 10.6. The fraction of sp³-hybridized carbons (Fsp3) is 0.625. The molecule has 6 nitrogen and oxygen atoms in total. The number of likely N-dealkylation sites (tertiary alicyclic amines) is 1. The molecule has 1 aromatic rings. The van der Waals surface area contributed by atoms with Crippen LogP contribution in [0.1, 0.15) is 18.5 Å². The molecule has 2 amide bonds. The predicted molar refractivity (Wildman–Crippen MR) is 83.1 cm³/mol. The van der Waals surface area contributed by atoms with Crippen molar-refractivity contribution in [2.45, 2.75) is 19.4 Å². The van der Waals surface area contributed by atoms with E-state index in [2.05, 4.69) is 39.7 Å². The first kappa shape index (κ1) is 15.2. The van der Waals surface area contributed by atoms with E-state index in [1.54, 1.807) is 0 Å². The van der Waals surface area contributed by atoms with Crippen molar-refractivity contribution in [1.82, 2.24) is 19.3 Å². The molecule has 0 bridgehead atoms. The first-order valence-electron chi connectivity index (χ1n) is 8.01. The van der Waals surface area contributed by atoms with Gasteiger partial charge in [0.25, 0.3) is 0 Å². The number of hydrogen-bond donors (Lipinski definition) is 0. The summed E-state index contributed by atoms with van der Waals surface area (Å²) in [6.07, 6.45) is 2.86. The average molecular weight is 304 g/mol. The molecule has 2 fully saturated rings. The Morgan fingerprint density at radius 2 is 1.59 bits per heavy atom. The number of imide groups is 1. The second-order valence-corrected chi connectivity index (χ2v) is 6.17. The zero-order valence-electron chi connectivity index (χ0n) is 13.2. The van der Waals surface area contributed by atoms with Gasteiger partial charge in [-0.3, -0.25) is 24.3 Å². The van der Waals surface area contributed by atoms with Gasteiger partial charge in [-0.15, -0.1) is 0 Å². The number of carbonyl (C=O) groups is 2. The van der Waals surface area contributed by atoms with Crippen molar-refractivity contribution in [2.75, 3.05) is 39.3 Å². The standard InChI is InChI=1S/C16H24N4O2/c1-17-6-2-3-14(17)13-19-9-7-18(8-10-19)11-12-20-15(21)4-5-16(20)22/h2-3,6H,4-5,7-13H2,1H3. The van der Waals surface area contributed by atoms with Crippen molar-refractivity contribution in [1.29, 1.82) is 0 Å². The maximum Gasteiger partial charge on any atom is 0.229 e. The summed E-state index contributed by atoms with van der Waals surface area (Å²) in [6, 6.07) is 4.24. The molecular weight excluding hydrogens is 280 g/mol. The predicted octanol–water partition coefficient (Wildman–Crippen LogP) is 0.292. The Morgan fingerprint density at radius 1 is 0.955 bits per heavy atom.